The molecule has 1 aliphatic heterocycles. The van der Waals surface area contributed by atoms with E-state index in [-0.39, 0.29) is 5.91 Å². The van der Waals surface area contributed by atoms with Crippen LogP contribution in [0.15, 0.2) is 142 Å². The van der Waals surface area contributed by atoms with Crippen molar-refractivity contribution in [2.24, 2.45) is 15.9 Å². The third kappa shape index (κ3) is 10.4. The fourth-order valence-electron chi connectivity index (χ4n) is 6.24. The molecule has 5 aromatic carbocycles. The molecule has 2 heterocycles. The highest BCUT2D eigenvalue weighted by Crippen LogP contribution is 2.36. The van der Waals surface area contributed by atoms with Crippen molar-refractivity contribution in [1.29, 1.82) is 0 Å². The van der Waals surface area contributed by atoms with Gasteiger partial charge in [0, 0.05) is 30.1 Å². The second-order valence-corrected chi connectivity index (χ2v) is 13.2. The number of hydrogen-bond acceptors (Lipinski definition) is 9. The molecule has 1 saturated heterocycles. The third-order valence-electron chi connectivity index (χ3n) is 9.31. The normalized spacial score (nSPS) is 14.9. The number of carboxylic acids is 1. The number of rotatable bonds is 14. The number of aromatic nitrogens is 1. The van der Waals surface area contributed by atoms with Crippen LogP contribution < -0.4 is 19.1 Å². The number of carbonyl (C=O) groups is 2. The number of aliphatic carboxylic acids is 1. The third-order valence-corrected chi connectivity index (χ3v) is 9.31. The maximum absolute atomic E-state index is 13.0. The number of benzene rings is 5. The Morgan fingerprint density at radius 1 is 0.789 bits per heavy atom. The number of aryl methyl sites for hydroxylation is 2. The van der Waals surface area contributed by atoms with Crippen molar-refractivity contribution in [3.8, 4) is 28.7 Å². The lowest BCUT2D eigenvalue weighted by Crippen LogP contribution is -2.65. The SMILES string of the molecule is COc1ccc(N2C(=O)[C@@H](Cc3cccc(OCCc4nc(-c5ccccc5)oc4C)c3)[C@H]2C(=O)O)cc1.COc1ccc(N=CC=Nc2ccc(C)cc2)cc1. The van der Waals surface area contributed by atoms with E-state index in [1.54, 1.807) is 50.9 Å². The van der Waals surface area contributed by atoms with Gasteiger partial charge in [0.05, 0.1) is 43.8 Å². The summed E-state index contributed by atoms with van der Waals surface area (Å²) in [5, 5.41) is 9.85. The van der Waals surface area contributed by atoms with Crippen LogP contribution in [0.4, 0.5) is 17.1 Å². The Labute approximate surface area is 331 Å². The number of carboxylic acid groups (broad SMARTS) is 1. The van der Waals surface area contributed by atoms with Crippen molar-refractivity contribution in [2.45, 2.75) is 32.7 Å². The molecule has 1 aromatic heterocycles. The maximum Gasteiger partial charge on any atom is 0.327 e. The molecule has 0 unspecified atom stereocenters. The number of amides is 1. The molecule has 11 nitrogen and oxygen atoms in total. The molecule has 0 bridgehead atoms. The van der Waals surface area contributed by atoms with Crippen molar-refractivity contribution >= 4 is 41.4 Å². The Kier molecular flexibility index (Phi) is 13.2. The summed E-state index contributed by atoms with van der Waals surface area (Å²) in [5.74, 6) is 1.55. The van der Waals surface area contributed by atoms with E-state index in [0.717, 1.165) is 39.7 Å². The van der Waals surface area contributed by atoms with E-state index in [4.69, 9.17) is 18.6 Å². The largest absolute Gasteiger partial charge is 0.497 e. The predicted molar refractivity (Wildman–Crippen MR) is 222 cm³/mol. The first-order valence-electron chi connectivity index (χ1n) is 18.4. The summed E-state index contributed by atoms with van der Waals surface area (Å²) in [5.41, 5.74) is 6.16. The Morgan fingerprint density at radius 3 is 2.02 bits per heavy atom. The van der Waals surface area contributed by atoms with Crippen LogP contribution in [-0.2, 0) is 22.4 Å². The molecular formula is C46H44N4O7. The molecule has 0 radical (unpaired) electrons. The van der Waals surface area contributed by atoms with Crippen LogP contribution in [0, 0.1) is 19.8 Å². The Morgan fingerprint density at radius 2 is 1.40 bits per heavy atom. The fourth-order valence-corrected chi connectivity index (χ4v) is 6.24. The van der Waals surface area contributed by atoms with E-state index in [1.165, 1.54) is 10.5 Å². The second-order valence-electron chi connectivity index (χ2n) is 13.2. The van der Waals surface area contributed by atoms with Crippen LogP contribution in [0.3, 0.4) is 0 Å². The summed E-state index contributed by atoms with van der Waals surface area (Å²) < 4.78 is 22.0. The molecule has 0 saturated carbocycles. The molecule has 2 atom stereocenters. The molecule has 57 heavy (non-hydrogen) atoms. The van der Waals surface area contributed by atoms with E-state index >= 15 is 0 Å². The molecule has 0 aliphatic carbocycles. The first-order chi connectivity index (χ1) is 27.7. The molecule has 1 amide bonds. The van der Waals surface area contributed by atoms with Crippen LogP contribution in [-0.4, -0.2) is 61.3 Å². The Balaban J connectivity index is 0.000000242. The first-order valence-corrected chi connectivity index (χ1v) is 18.4. The summed E-state index contributed by atoms with van der Waals surface area (Å²) in [4.78, 5) is 39.5. The number of ether oxygens (including phenoxy) is 3. The minimum absolute atomic E-state index is 0.218. The Bertz CT molecular complexity index is 2300. The highest BCUT2D eigenvalue weighted by Gasteiger charge is 2.52. The first kappa shape index (κ1) is 39.7. The smallest absolute Gasteiger partial charge is 0.327 e. The Hall–Kier alpha value is -7.01. The van der Waals surface area contributed by atoms with Gasteiger partial charge in [-0.25, -0.2) is 9.78 Å². The van der Waals surface area contributed by atoms with Crippen molar-refractivity contribution in [3.63, 3.8) is 0 Å². The van der Waals surface area contributed by atoms with E-state index < -0.39 is 17.9 Å². The monoisotopic (exact) mass is 764 g/mol. The number of nitrogens with zero attached hydrogens (tertiary/aromatic N) is 4. The minimum Gasteiger partial charge on any atom is -0.497 e. The summed E-state index contributed by atoms with van der Waals surface area (Å²) in [7, 11) is 3.20. The quantitative estimate of drug-likeness (QED) is 0.0858. The van der Waals surface area contributed by atoms with Crippen molar-refractivity contribution in [3.05, 3.63) is 150 Å². The van der Waals surface area contributed by atoms with Crippen molar-refractivity contribution < 1.29 is 33.3 Å². The lowest BCUT2D eigenvalue weighted by atomic mass is 9.81. The molecule has 1 fully saturated rings. The number of aliphatic imine (C=N–C) groups is 2. The lowest BCUT2D eigenvalue weighted by molar-refractivity contribution is -0.149. The highest BCUT2D eigenvalue weighted by molar-refractivity contribution is 6.17. The molecule has 7 rings (SSSR count). The lowest BCUT2D eigenvalue weighted by Gasteiger charge is -2.44. The van der Waals surface area contributed by atoms with Crippen LogP contribution in [0.1, 0.15) is 22.6 Å². The van der Waals surface area contributed by atoms with Gasteiger partial charge in [-0.2, -0.15) is 0 Å². The van der Waals surface area contributed by atoms with Crippen LogP contribution in [0.25, 0.3) is 11.5 Å². The zero-order valence-corrected chi connectivity index (χ0v) is 32.2. The standard InChI is InChI=1S/C30H28N2O6.C16H16N2O/c1-19-26(31-28(38-19)21-8-4-3-5-9-21)15-16-37-24-10-6-7-20(17-24)18-25-27(30(34)35)32(29(25)33)22-11-13-23(36-2)14-12-22;1-13-3-5-14(6-4-13)17-11-12-18-15-7-9-16(19-2)10-8-15/h3-14,17,25,27H,15-16,18H2,1-2H3,(H,34,35);3-12H,1-2H3/t25-,27-;/m0./s1. The minimum atomic E-state index is -1.03. The summed E-state index contributed by atoms with van der Waals surface area (Å²) >= 11 is 0. The predicted octanol–water partition coefficient (Wildman–Crippen LogP) is 9.05. The van der Waals surface area contributed by atoms with Gasteiger partial charge in [-0.1, -0.05) is 48.0 Å². The van der Waals surface area contributed by atoms with Crippen LogP contribution >= 0.6 is 0 Å². The van der Waals surface area contributed by atoms with E-state index in [2.05, 4.69) is 21.9 Å². The van der Waals surface area contributed by atoms with E-state index in [1.807, 2.05) is 110 Å². The summed E-state index contributed by atoms with van der Waals surface area (Å²) in [6.07, 6.45) is 4.25. The zero-order chi connectivity index (χ0) is 40.1. The number of anilines is 1. The summed E-state index contributed by atoms with van der Waals surface area (Å²) in [6.45, 7) is 4.34. The van der Waals surface area contributed by atoms with Gasteiger partial charge in [0.1, 0.15) is 29.1 Å². The van der Waals surface area contributed by atoms with Gasteiger partial charge < -0.3 is 23.7 Å². The van der Waals surface area contributed by atoms with Gasteiger partial charge >= 0.3 is 5.97 Å². The number of oxazole rings is 1. The van der Waals surface area contributed by atoms with Gasteiger partial charge in [0.25, 0.3) is 0 Å². The maximum atomic E-state index is 13.0. The topological polar surface area (TPSA) is 136 Å². The summed E-state index contributed by atoms with van der Waals surface area (Å²) in [6, 6.07) is 38.6. The van der Waals surface area contributed by atoms with Crippen molar-refractivity contribution in [2.75, 3.05) is 25.7 Å². The number of carbonyl (C=O) groups excluding carboxylic acids is 1. The molecule has 1 N–H and O–H groups in total. The van der Waals surface area contributed by atoms with Crippen LogP contribution in [0.2, 0.25) is 0 Å². The van der Waals surface area contributed by atoms with E-state index in [0.29, 0.717) is 42.5 Å². The van der Waals surface area contributed by atoms with Gasteiger partial charge in [-0.3, -0.25) is 19.7 Å². The molecular weight excluding hydrogens is 721 g/mol. The van der Waals surface area contributed by atoms with Gasteiger partial charge in [0.15, 0.2) is 0 Å². The fraction of sp³-hybridized carbons (Fsp3) is 0.196. The van der Waals surface area contributed by atoms with E-state index in [9.17, 15) is 14.7 Å². The molecule has 11 heteroatoms. The number of β-lactam (4-membered cyclic amide) rings is 1. The molecule has 290 valence electrons. The van der Waals surface area contributed by atoms with Gasteiger partial charge in [-0.05, 0) is 111 Å². The van der Waals surface area contributed by atoms with Crippen molar-refractivity contribution in [1.82, 2.24) is 4.98 Å². The number of methoxy groups -OCH3 is 2. The second kappa shape index (κ2) is 19.0. The highest BCUT2D eigenvalue weighted by atomic mass is 16.5. The molecule has 0 spiro atoms. The van der Waals surface area contributed by atoms with Gasteiger partial charge in [0.2, 0.25) is 11.8 Å². The number of hydrogen-bond donors (Lipinski definition) is 1. The molecule has 1 aliphatic rings. The molecule has 6 aromatic rings. The van der Waals surface area contributed by atoms with Crippen LogP contribution in [0.5, 0.6) is 17.2 Å². The van der Waals surface area contributed by atoms with Gasteiger partial charge in [-0.15, -0.1) is 0 Å². The average molecular weight is 765 g/mol. The average Bonchev–Trinajstić information content (AvgIpc) is 3.61. The zero-order valence-electron chi connectivity index (χ0n) is 32.2.